The fourth-order valence-electron chi connectivity index (χ4n) is 2.08. The molecular weight excluding hydrogens is 434 g/mol. The zero-order valence-electron chi connectivity index (χ0n) is 12.6. The smallest absolute Gasteiger partial charge is 0.434 e. The van der Waals surface area contributed by atoms with Crippen LogP contribution in [0, 0.1) is 6.92 Å². The minimum atomic E-state index is -5.25. The Morgan fingerprint density at radius 3 is 2.08 bits per heavy atom. The number of thiazole rings is 1. The number of halogens is 7. The summed E-state index contributed by atoms with van der Waals surface area (Å²) >= 11 is 0.263. The lowest BCUT2D eigenvalue weighted by atomic mass is 10.4. The first kappa shape index (κ1) is 20.7. The van der Waals surface area contributed by atoms with E-state index in [0.29, 0.717) is 0 Å². The lowest BCUT2D eigenvalue weighted by molar-refractivity contribution is -0.141. The van der Waals surface area contributed by atoms with Gasteiger partial charge in [0.15, 0.2) is 11.4 Å². The maximum atomic E-state index is 13.1. The van der Waals surface area contributed by atoms with Crippen molar-refractivity contribution >= 4 is 47.4 Å². The number of aromatic nitrogens is 1. The second kappa shape index (κ2) is 6.23. The van der Waals surface area contributed by atoms with Gasteiger partial charge in [-0.25, -0.2) is 14.8 Å². The highest BCUT2D eigenvalue weighted by Gasteiger charge is 2.55. The Hall–Kier alpha value is -1.60. The van der Waals surface area contributed by atoms with Crippen molar-refractivity contribution in [2.24, 2.45) is 4.99 Å². The molecule has 0 aliphatic carbocycles. The molecule has 0 saturated heterocycles. The number of allylic oxidation sites excluding steroid dienone is 1. The van der Waals surface area contributed by atoms with Crippen LogP contribution in [-0.4, -0.2) is 32.4 Å². The maximum Gasteiger partial charge on any atom is 0.434 e. The monoisotopic (exact) mass is 440 g/mol. The topological polar surface area (TPSA) is 79.6 Å². The fourth-order valence-corrected chi connectivity index (χ4v) is 6.23. The van der Waals surface area contributed by atoms with E-state index >= 15 is 0 Å². The molecule has 0 fully saturated rings. The van der Waals surface area contributed by atoms with Gasteiger partial charge in [-0.1, -0.05) is 0 Å². The number of rotatable bonds is 2. The molecule has 14 heteroatoms. The van der Waals surface area contributed by atoms with Gasteiger partial charge in [0, 0.05) is 0 Å². The summed E-state index contributed by atoms with van der Waals surface area (Å²) in [6.07, 6.45) is -10.3. The number of carboxylic acids is 1. The molecule has 1 aliphatic rings. The van der Waals surface area contributed by atoms with Gasteiger partial charge in [0.25, 0.3) is 0 Å². The molecule has 0 radical (unpaired) electrons. The number of carbonyl (C=O) groups excluding carboxylic acids is 1. The second-order valence-corrected chi connectivity index (χ2v) is 9.88. The predicted octanol–water partition coefficient (Wildman–Crippen LogP) is 4.86. The predicted molar refractivity (Wildman–Crippen MR) is 83.5 cm³/mol. The van der Waals surface area contributed by atoms with Crippen molar-refractivity contribution in [3.63, 3.8) is 0 Å². The van der Waals surface area contributed by atoms with Crippen LogP contribution < -0.4 is 0 Å². The Bertz CT molecular complexity index is 873. The SMILES string of the molecule is CC1=NC(C(F)(F)F)=C(C(=O)O)S1(Cl)C(=O)c1sc(C)nc1C(F)(F)F. The molecule has 1 aromatic heterocycles. The molecule has 1 aliphatic heterocycles. The van der Waals surface area contributed by atoms with E-state index in [4.69, 9.17) is 15.8 Å². The molecule has 1 N–H and O–H groups in total. The van der Waals surface area contributed by atoms with Crippen LogP contribution >= 0.6 is 31.3 Å². The van der Waals surface area contributed by atoms with Crippen molar-refractivity contribution in [3.8, 4) is 0 Å². The van der Waals surface area contributed by atoms with Gasteiger partial charge in [0.05, 0.1) is 10.1 Å². The van der Waals surface area contributed by atoms with E-state index in [1.165, 1.54) is 0 Å². The molecule has 26 heavy (non-hydrogen) atoms. The van der Waals surface area contributed by atoms with Crippen molar-refractivity contribution in [1.29, 1.82) is 0 Å². The average Bonchev–Trinajstić information content (AvgIpc) is 2.97. The number of hydrogen-bond donors (Lipinski definition) is 1. The Balaban J connectivity index is 2.75. The summed E-state index contributed by atoms with van der Waals surface area (Å²) in [6, 6.07) is 0. The molecule has 0 amide bonds. The number of aliphatic carboxylic acids is 1. The quantitative estimate of drug-likeness (QED) is 0.666. The summed E-state index contributed by atoms with van der Waals surface area (Å²) < 4.78 is 78.4. The summed E-state index contributed by atoms with van der Waals surface area (Å²) in [5.74, 6) is -2.19. The Labute approximate surface area is 151 Å². The first-order valence-electron chi connectivity index (χ1n) is 6.34. The van der Waals surface area contributed by atoms with Crippen LogP contribution in [0.4, 0.5) is 26.3 Å². The summed E-state index contributed by atoms with van der Waals surface area (Å²) in [6.45, 7) is 2.01. The molecule has 0 bridgehead atoms. The summed E-state index contributed by atoms with van der Waals surface area (Å²) in [5.41, 5.74) is -3.54. The Kier molecular flexibility index (Phi) is 4.96. The second-order valence-electron chi connectivity index (χ2n) is 4.84. The van der Waals surface area contributed by atoms with Crippen molar-refractivity contribution < 1.29 is 41.0 Å². The number of hydrogen-bond acceptors (Lipinski definition) is 5. The number of nitrogens with zero attached hydrogens (tertiary/aromatic N) is 2. The molecule has 5 nitrogen and oxygen atoms in total. The van der Waals surface area contributed by atoms with E-state index < -0.39 is 58.9 Å². The largest absolute Gasteiger partial charge is 0.477 e. The Morgan fingerprint density at radius 2 is 1.65 bits per heavy atom. The zero-order valence-corrected chi connectivity index (χ0v) is 15.0. The van der Waals surface area contributed by atoms with E-state index in [-0.39, 0.29) is 16.3 Å². The van der Waals surface area contributed by atoms with Gasteiger partial charge in [0.1, 0.15) is 9.78 Å². The molecule has 1 atom stereocenters. The van der Waals surface area contributed by atoms with E-state index in [9.17, 15) is 35.9 Å². The van der Waals surface area contributed by atoms with Gasteiger partial charge >= 0.3 is 18.3 Å². The standard InChI is InChI=1S/C12H7ClF6N2O3S2/c1-3-20-7(11(14,15)16)5(25-3)10(24)26(13)4(2)21-8(12(17,18)19)6(26)9(22)23/h1-2H3,(H,22,23). The molecule has 0 spiro atoms. The Morgan fingerprint density at radius 1 is 1.12 bits per heavy atom. The van der Waals surface area contributed by atoms with Crippen LogP contribution in [-0.2, 0) is 11.0 Å². The molecule has 0 saturated carbocycles. The molecule has 2 heterocycles. The molecular formula is C12H7ClF6N2O3S2. The first-order valence-corrected chi connectivity index (χ1v) is 9.61. The van der Waals surface area contributed by atoms with Crippen molar-refractivity contribution in [1.82, 2.24) is 4.98 Å². The summed E-state index contributed by atoms with van der Waals surface area (Å²) in [5, 5.41) is 6.64. The molecule has 1 unspecified atom stereocenters. The van der Waals surface area contributed by atoms with Crippen LogP contribution in [0.15, 0.2) is 15.6 Å². The lowest BCUT2D eigenvalue weighted by Crippen LogP contribution is -2.22. The molecule has 144 valence electrons. The van der Waals surface area contributed by atoms with Gasteiger partial charge in [-0.2, -0.15) is 26.3 Å². The summed E-state index contributed by atoms with van der Waals surface area (Å²) in [7, 11) is 1.83. The van der Waals surface area contributed by atoms with E-state index in [0.717, 1.165) is 13.8 Å². The number of aliphatic imine (C=N–C) groups is 1. The van der Waals surface area contributed by atoms with E-state index in [1.807, 2.05) is 0 Å². The zero-order chi connectivity index (χ0) is 20.2. The third kappa shape index (κ3) is 3.22. The number of aryl methyl sites for hydroxylation is 1. The van der Waals surface area contributed by atoms with Crippen LogP contribution in [0.3, 0.4) is 0 Å². The molecule has 1 aromatic rings. The highest BCUT2D eigenvalue weighted by molar-refractivity contribution is 8.73. The number of carboxylic acid groups (broad SMARTS) is 1. The van der Waals surface area contributed by atoms with E-state index in [2.05, 4.69) is 9.98 Å². The van der Waals surface area contributed by atoms with E-state index in [1.54, 1.807) is 0 Å². The van der Waals surface area contributed by atoms with Gasteiger partial charge in [-0.3, -0.25) is 4.79 Å². The van der Waals surface area contributed by atoms with Gasteiger partial charge in [-0.05, 0) is 33.8 Å². The van der Waals surface area contributed by atoms with Crippen LogP contribution in [0.1, 0.15) is 27.3 Å². The fraction of sp³-hybridized carbons (Fsp3) is 0.333. The highest BCUT2D eigenvalue weighted by Crippen LogP contribution is 2.69. The number of alkyl halides is 6. The number of carbonyl (C=O) groups is 2. The van der Waals surface area contributed by atoms with Gasteiger partial charge < -0.3 is 5.11 Å². The average molecular weight is 441 g/mol. The summed E-state index contributed by atoms with van der Waals surface area (Å²) in [4.78, 5) is 27.6. The third-order valence-electron chi connectivity index (χ3n) is 3.08. The highest BCUT2D eigenvalue weighted by atomic mass is 35.7. The molecule has 0 aromatic carbocycles. The third-order valence-corrected chi connectivity index (χ3v) is 8.28. The van der Waals surface area contributed by atoms with Crippen LogP contribution in [0.2, 0.25) is 0 Å². The van der Waals surface area contributed by atoms with Gasteiger partial charge in [-0.15, -0.1) is 11.3 Å². The van der Waals surface area contributed by atoms with Crippen LogP contribution in [0.25, 0.3) is 0 Å². The normalized spacial score (nSPS) is 23.7. The van der Waals surface area contributed by atoms with Crippen molar-refractivity contribution in [2.75, 3.05) is 0 Å². The minimum Gasteiger partial charge on any atom is -0.477 e. The van der Waals surface area contributed by atoms with Crippen molar-refractivity contribution in [2.45, 2.75) is 26.2 Å². The maximum absolute atomic E-state index is 13.1. The lowest BCUT2D eigenvalue weighted by Gasteiger charge is -2.27. The van der Waals surface area contributed by atoms with Crippen molar-refractivity contribution in [3.05, 3.63) is 26.2 Å². The molecule has 2 rings (SSSR count). The van der Waals surface area contributed by atoms with Crippen LogP contribution in [0.5, 0.6) is 0 Å². The van der Waals surface area contributed by atoms with Gasteiger partial charge in [0.2, 0.25) is 5.12 Å². The first-order chi connectivity index (χ1) is 11.6. The minimum absolute atomic E-state index is 0.190.